The summed E-state index contributed by atoms with van der Waals surface area (Å²) in [5, 5.41) is 3.52. The minimum atomic E-state index is 0.511. The largest absolute Gasteiger partial charge is 0.353 e. The predicted octanol–water partition coefficient (Wildman–Crippen LogP) is 3.06. The van der Waals surface area contributed by atoms with Crippen molar-refractivity contribution in [3.8, 4) is 0 Å². The number of nitrogens with one attached hydrogen (secondary N) is 1. The smallest absolute Gasteiger partial charge is 0.203 e. The molecule has 0 amide bonds. The van der Waals surface area contributed by atoms with Crippen molar-refractivity contribution in [3.05, 3.63) is 11.9 Å². The third-order valence-electron chi connectivity index (χ3n) is 2.80. The maximum Gasteiger partial charge on any atom is 0.203 e. The van der Waals surface area contributed by atoms with Gasteiger partial charge in [0, 0.05) is 18.8 Å². The molecule has 0 radical (unpaired) electrons. The van der Waals surface area contributed by atoms with Gasteiger partial charge in [0.15, 0.2) is 0 Å². The van der Waals surface area contributed by atoms with Crippen molar-refractivity contribution in [2.45, 2.75) is 53.6 Å². The average Bonchev–Trinajstić information content (AvgIpc) is 2.54. The van der Waals surface area contributed by atoms with Crippen LogP contribution in [0.5, 0.6) is 0 Å². The molecule has 1 aromatic heterocycles. The summed E-state index contributed by atoms with van der Waals surface area (Å²) in [6.45, 7) is 11.8. The summed E-state index contributed by atoms with van der Waals surface area (Å²) in [6, 6.07) is 0.511. The van der Waals surface area contributed by atoms with Crippen molar-refractivity contribution in [2.24, 2.45) is 5.92 Å². The Morgan fingerprint density at radius 3 is 2.53 bits per heavy atom. The van der Waals surface area contributed by atoms with Crippen molar-refractivity contribution in [2.75, 3.05) is 5.32 Å². The van der Waals surface area contributed by atoms with Crippen molar-refractivity contribution in [3.63, 3.8) is 0 Å². The lowest BCUT2D eigenvalue weighted by Gasteiger charge is -2.21. The van der Waals surface area contributed by atoms with E-state index in [2.05, 4.69) is 48.8 Å². The van der Waals surface area contributed by atoms with Crippen LogP contribution in [-0.2, 0) is 6.54 Å². The van der Waals surface area contributed by atoms with Gasteiger partial charge in [-0.25, -0.2) is 4.98 Å². The molecule has 1 rings (SSSR count). The van der Waals surface area contributed by atoms with Gasteiger partial charge in [-0.05, 0) is 26.2 Å². The fourth-order valence-electron chi connectivity index (χ4n) is 1.81. The number of imidazole rings is 1. The van der Waals surface area contributed by atoms with Gasteiger partial charge in [0.05, 0.1) is 5.69 Å². The second kappa shape index (κ2) is 5.19. The summed E-state index contributed by atoms with van der Waals surface area (Å²) in [5.74, 6) is 1.65. The third kappa shape index (κ3) is 2.98. The molecular formula is C12H23N3. The highest BCUT2D eigenvalue weighted by atomic mass is 15.2. The first kappa shape index (κ1) is 12.1. The van der Waals surface area contributed by atoms with Crippen LogP contribution in [0.25, 0.3) is 0 Å². The summed E-state index contributed by atoms with van der Waals surface area (Å²) in [4.78, 5) is 4.50. The van der Waals surface area contributed by atoms with E-state index in [0.29, 0.717) is 12.0 Å². The van der Waals surface area contributed by atoms with Gasteiger partial charge >= 0.3 is 0 Å². The normalized spacial score (nSPS) is 13.2. The first-order valence-electron chi connectivity index (χ1n) is 5.88. The Bertz CT molecular complexity index is 302. The van der Waals surface area contributed by atoms with Crippen LogP contribution in [0, 0.1) is 12.8 Å². The second-order valence-corrected chi connectivity index (χ2v) is 4.40. The fraction of sp³-hybridized carbons (Fsp3) is 0.750. The Morgan fingerprint density at radius 2 is 2.07 bits per heavy atom. The quantitative estimate of drug-likeness (QED) is 0.807. The van der Waals surface area contributed by atoms with Gasteiger partial charge in [0.1, 0.15) is 0 Å². The highest BCUT2D eigenvalue weighted by Crippen LogP contribution is 2.15. The molecule has 1 atom stereocenters. The first-order chi connectivity index (χ1) is 7.08. The Labute approximate surface area is 92.9 Å². The van der Waals surface area contributed by atoms with Crippen LogP contribution in [0.4, 0.5) is 5.95 Å². The van der Waals surface area contributed by atoms with Crippen molar-refractivity contribution < 1.29 is 0 Å². The van der Waals surface area contributed by atoms with Crippen LogP contribution < -0.4 is 5.32 Å². The topological polar surface area (TPSA) is 29.9 Å². The zero-order valence-electron chi connectivity index (χ0n) is 10.5. The maximum absolute atomic E-state index is 4.50. The number of hydrogen-bond donors (Lipinski definition) is 1. The van der Waals surface area contributed by atoms with Crippen molar-refractivity contribution in [1.29, 1.82) is 0 Å². The van der Waals surface area contributed by atoms with E-state index in [0.717, 1.165) is 24.6 Å². The first-order valence-corrected chi connectivity index (χ1v) is 5.88. The van der Waals surface area contributed by atoms with E-state index in [1.54, 1.807) is 0 Å². The predicted molar refractivity (Wildman–Crippen MR) is 65.2 cm³/mol. The molecule has 0 saturated heterocycles. The second-order valence-electron chi connectivity index (χ2n) is 4.40. The molecule has 3 heteroatoms. The molecule has 1 unspecified atom stereocenters. The van der Waals surface area contributed by atoms with Crippen molar-refractivity contribution in [1.82, 2.24) is 9.55 Å². The van der Waals surface area contributed by atoms with Gasteiger partial charge in [-0.2, -0.15) is 0 Å². The summed E-state index contributed by atoms with van der Waals surface area (Å²) < 4.78 is 2.17. The molecule has 0 aliphatic rings. The number of anilines is 1. The van der Waals surface area contributed by atoms with E-state index in [-0.39, 0.29) is 0 Å². The lowest BCUT2D eigenvalue weighted by molar-refractivity contribution is 0.505. The molecule has 0 spiro atoms. The summed E-state index contributed by atoms with van der Waals surface area (Å²) in [6.07, 6.45) is 3.22. The molecule has 0 saturated carbocycles. The Hall–Kier alpha value is -0.990. The van der Waals surface area contributed by atoms with Gasteiger partial charge in [-0.15, -0.1) is 0 Å². The molecule has 0 bridgehead atoms. The zero-order valence-corrected chi connectivity index (χ0v) is 10.5. The van der Waals surface area contributed by atoms with E-state index in [1.165, 1.54) is 0 Å². The molecule has 0 aromatic carbocycles. The van der Waals surface area contributed by atoms with Crippen molar-refractivity contribution >= 4 is 5.95 Å². The number of nitrogens with zero attached hydrogens (tertiary/aromatic N) is 2. The van der Waals surface area contributed by atoms with Gasteiger partial charge in [0.2, 0.25) is 5.95 Å². The number of rotatable bonds is 5. The molecule has 1 N–H and O–H groups in total. The molecule has 0 fully saturated rings. The highest BCUT2D eigenvalue weighted by molar-refractivity contribution is 5.30. The molecule has 1 aromatic rings. The minimum Gasteiger partial charge on any atom is -0.353 e. The minimum absolute atomic E-state index is 0.511. The molecule has 0 aliphatic carbocycles. The molecule has 3 nitrogen and oxygen atoms in total. The summed E-state index contributed by atoms with van der Waals surface area (Å²) in [7, 11) is 0. The lowest BCUT2D eigenvalue weighted by atomic mass is 10.0. The van der Waals surface area contributed by atoms with E-state index in [9.17, 15) is 0 Å². The number of hydrogen-bond acceptors (Lipinski definition) is 2. The van der Waals surface area contributed by atoms with Crippen LogP contribution >= 0.6 is 0 Å². The highest BCUT2D eigenvalue weighted by Gasteiger charge is 2.13. The Morgan fingerprint density at radius 1 is 1.40 bits per heavy atom. The maximum atomic E-state index is 4.50. The standard InChI is InChI=1S/C12H23N3/c1-6-11(9(3)4)14-12-13-10(5)8-15(12)7-2/h8-9,11H,6-7H2,1-5H3,(H,13,14). The Balaban J connectivity index is 2.77. The average molecular weight is 209 g/mol. The SMILES string of the molecule is CCC(Nc1nc(C)cn1CC)C(C)C. The van der Waals surface area contributed by atoms with Crippen LogP contribution in [0.1, 0.15) is 39.8 Å². The number of aromatic nitrogens is 2. The van der Waals surface area contributed by atoms with Crippen LogP contribution in [0.3, 0.4) is 0 Å². The molecule has 0 aliphatic heterocycles. The molecule has 15 heavy (non-hydrogen) atoms. The third-order valence-corrected chi connectivity index (χ3v) is 2.80. The van der Waals surface area contributed by atoms with Gasteiger partial charge < -0.3 is 9.88 Å². The fourth-order valence-corrected chi connectivity index (χ4v) is 1.81. The summed E-state index contributed by atoms with van der Waals surface area (Å²) >= 11 is 0. The van der Waals surface area contributed by atoms with Gasteiger partial charge in [-0.3, -0.25) is 0 Å². The lowest BCUT2D eigenvalue weighted by Crippen LogP contribution is -2.26. The molecule has 1 heterocycles. The van der Waals surface area contributed by atoms with Crippen LogP contribution in [-0.4, -0.2) is 15.6 Å². The number of aryl methyl sites for hydroxylation is 2. The Kier molecular flexibility index (Phi) is 4.18. The zero-order chi connectivity index (χ0) is 11.4. The van der Waals surface area contributed by atoms with E-state index >= 15 is 0 Å². The van der Waals surface area contributed by atoms with Crippen LogP contribution in [0.15, 0.2) is 6.20 Å². The molecular weight excluding hydrogens is 186 g/mol. The van der Waals surface area contributed by atoms with E-state index in [1.807, 2.05) is 6.92 Å². The van der Waals surface area contributed by atoms with E-state index < -0.39 is 0 Å². The molecule has 86 valence electrons. The van der Waals surface area contributed by atoms with E-state index in [4.69, 9.17) is 0 Å². The van der Waals surface area contributed by atoms with Gasteiger partial charge in [-0.1, -0.05) is 20.8 Å². The van der Waals surface area contributed by atoms with Gasteiger partial charge in [0.25, 0.3) is 0 Å². The monoisotopic (exact) mass is 209 g/mol. The van der Waals surface area contributed by atoms with Crippen LogP contribution in [0.2, 0.25) is 0 Å². The summed E-state index contributed by atoms with van der Waals surface area (Å²) in [5.41, 5.74) is 1.08.